The molecule has 0 unspecified atom stereocenters. The SMILES string of the molecule is COc1ccc2cc(C#CCSC(C)=O)ccc2n1. The summed E-state index contributed by atoms with van der Waals surface area (Å²) in [4.78, 5) is 15.1. The molecule has 2 rings (SSSR count). The Morgan fingerprint density at radius 2 is 2.21 bits per heavy atom. The van der Waals surface area contributed by atoms with Crippen molar-refractivity contribution in [3.8, 4) is 17.7 Å². The highest BCUT2D eigenvalue weighted by molar-refractivity contribution is 8.13. The number of rotatable bonds is 2. The second kappa shape index (κ2) is 6.26. The van der Waals surface area contributed by atoms with Gasteiger partial charge in [0, 0.05) is 23.9 Å². The van der Waals surface area contributed by atoms with E-state index in [0.29, 0.717) is 11.6 Å². The van der Waals surface area contributed by atoms with Gasteiger partial charge >= 0.3 is 0 Å². The third-order valence-corrected chi connectivity index (χ3v) is 3.15. The summed E-state index contributed by atoms with van der Waals surface area (Å²) in [5.74, 6) is 7.13. The van der Waals surface area contributed by atoms with Gasteiger partial charge in [0.15, 0.2) is 5.12 Å². The van der Waals surface area contributed by atoms with Gasteiger partial charge in [0.05, 0.1) is 18.4 Å². The fraction of sp³-hybridized carbons (Fsp3) is 0.200. The van der Waals surface area contributed by atoms with Crippen molar-refractivity contribution in [2.24, 2.45) is 0 Å². The van der Waals surface area contributed by atoms with Crippen LogP contribution < -0.4 is 4.74 Å². The predicted octanol–water partition coefficient (Wildman–Crippen LogP) is 2.87. The lowest BCUT2D eigenvalue weighted by Gasteiger charge is -2.01. The summed E-state index contributed by atoms with van der Waals surface area (Å²) in [5.41, 5.74) is 1.80. The summed E-state index contributed by atoms with van der Waals surface area (Å²) in [5, 5.41) is 1.11. The monoisotopic (exact) mass is 271 g/mol. The van der Waals surface area contributed by atoms with Crippen molar-refractivity contribution in [2.45, 2.75) is 6.92 Å². The van der Waals surface area contributed by atoms with Gasteiger partial charge in [-0.1, -0.05) is 23.6 Å². The highest BCUT2D eigenvalue weighted by atomic mass is 32.2. The summed E-state index contributed by atoms with van der Waals surface area (Å²) < 4.78 is 5.08. The van der Waals surface area contributed by atoms with Gasteiger partial charge in [0.1, 0.15) is 0 Å². The zero-order valence-corrected chi connectivity index (χ0v) is 11.6. The number of methoxy groups -OCH3 is 1. The van der Waals surface area contributed by atoms with Crippen LogP contribution in [0.15, 0.2) is 30.3 Å². The van der Waals surface area contributed by atoms with Gasteiger partial charge in [-0.15, -0.1) is 0 Å². The first kappa shape index (κ1) is 13.4. The number of carbonyl (C=O) groups is 1. The van der Waals surface area contributed by atoms with Crippen LogP contribution in [0.5, 0.6) is 5.88 Å². The third-order valence-electron chi connectivity index (χ3n) is 2.45. The molecule has 0 spiro atoms. The van der Waals surface area contributed by atoms with E-state index in [0.717, 1.165) is 16.5 Å². The number of thioether (sulfide) groups is 1. The number of hydrogen-bond donors (Lipinski definition) is 0. The first-order valence-corrected chi connectivity index (χ1v) is 6.74. The molecule has 0 aliphatic rings. The van der Waals surface area contributed by atoms with Crippen LogP contribution in [-0.4, -0.2) is 23.0 Å². The van der Waals surface area contributed by atoms with E-state index in [9.17, 15) is 4.79 Å². The van der Waals surface area contributed by atoms with Gasteiger partial charge in [-0.25, -0.2) is 4.98 Å². The molecule has 0 amide bonds. The quantitative estimate of drug-likeness (QED) is 0.787. The maximum absolute atomic E-state index is 10.8. The number of carbonyl (C=O) groups excluding carboxylic acids is 1. The highest BCUT2D eigenvalue weighted by Crippen LogP contribution is 2.17. The molecule has 19 heavy (non-hydrogen) atoms. The molecule has 0 saturated heterocycles. The maximum atomic E-state index is 10.8. The second-order valence-electron chi connectivity index (χ2n) is 3.84. The lowest BCUT2D eigenvalue weighted by molar-refractivity contribution is -0.109. The van der Waals surface area contributed by atoms with E-state index < -0.39 is 0 Å². The molecule has 1 heterocycles. The lowest BCUT2D eigenvalue weighted by atomic mass is 10.1. The van der Waals surface area contributed by atoms with E-state index in [1.54, 1.807) is 14.0 Å². The zero-order valence-electron chi connectivity index (χ0n) is 10.8. The minimum atomic E-state index is 0.0871. The summed E-state index contributed by atoms with van der Waals surface area (Å²) in [7, 11) is 1.60. The molecule has 0 radical (unpaired) electrons. The summed E-state index contributed by atoms with van der Waals surface area (Å²) in [6, 6.07) is 9.59. The maximum Gasteiger partial charge on any atom is 0.213 e. The molecule has 0 aliphatic carbocycles. The van der Waals surface area contributed by atoms with Gasteiger partial charge in [-0.05, 0) is 24.3 Å². The van der Waals surface area contributed by atoms with Crippen LogP contribution in [0.4, 0.5) is 0 Å². The number of benzene rings is 1. The molecule has 0 aliphatic heterocycles. The van der Waals surface area contributed by atoms with Crippen LogP contribution in [0.2, 0.25) is 0 Å². The Labute approximate surface area is 116 Å². The number of hydrogen-bond acceptors (Lipinski definition) is 4. The Morgan fingerprint density at radius 1 is 1.37 bits per heavy atom. The van der Waals surface area contributed by atoms with Gasteiger partial charge in [0.25, 0.3) is 0 Å². The predicted molar refractivity (Wildman–Crippen MR) is 78.3 cm³/mol. The number of fused-ring (bicyclic) bond motifs is 1. The number of aromatic nitrogens is 1. The number of nitrogens with zero attached hydrogens (tertiary/aromatic N) is 1. The normalized spacial score (nSPS) is 9.79. The topological polar surface area (TPSA) is 39.2 Å². The van der Waals surface area contributed by atoms with Crippen LogP contribution >= 0.6 is 11.8 Å². The van der Waals surface area contributed by atoms with Crippen LogP contribution in [0.25, 0.3) is 10.9 Å². The smallest absolute Gasteiger partial charge is 0.213 e. The summed E-state index contributed by atoms with van der Waals surface area (Å²) in [6.45, 7) is 1.54. The minimum Gasteiger partial charge on any atom is -0.481 e. The molecular formula is C15H13NO2S. The van der Waals surface area contributed by atoms with Crippen molar-refractivity contribution in [3.63, 3.8) is 0 Å². The second-order valence-corrected chi connectivity index (χ2v) is 5.00. The fourth-order valence-corrected chi connectivity index (χ4v) is 1.92. The van der Waals surface area contributed by atoms with Crippen LogP contribution in [0, 0.1) is 11.8 Å². The average Bonchev–Trinajstić information content (AvgIpc) is 2.42. The molecule has 0 saturated carbocycles. The first-order chi connectivity index (χ1) is 9.19. The van der Waals surface area contributed by atoms with E-state index in [1.807, 2.05) is 30.3 Å². The summed E-state index contributed by atoms with van der Waals surface area (Å²) >= 11 is 1.22. The Hall–Kier alpha value is -1.99. The molecular weight excluding hydrogens is 258 g/mol. The Balaban J connectivity index is 2.19. The Morgan fingerprint density at radius 3 is 2.95 bits per heavy atom. The van der Waals surface area contributed by atoms with E-state index >= 15 is 0 Å². The third kappa shape index (κ3) is 3.73. The molecule has 0 atom stereocenters. The first-order valence-electron chi connectivity index (χ1n) is 5.76. The van der Waals surface area contributed by atoms with Gasteiger partial charge in [-0.3, -0.25) is 4.79 Å². The van der Waals surface area contributed by atoms with Crippen molar-refractivity contribution in [3.05, 3.63) is 35.9 Å². The lowest BCUT2D eigenvalue weighted by Crippen LogP contribution is -1.88. The molecule has 96 valence electrons. The van der Waals surface area contributed by atoms with Crippen molar-refractivity contribution >= 4 is 27.8 Å². The molecule has 1 aromatic carbocycles. The Bertz CT molecular complexity index is 671. The Kier molecular flexibility index (Phi) is 4.43. The molecule has 4 heteroatoms. The number of ether oxygens (including phenoxy) is 1. The van der Waals surface area contributed by atoms with E-state index in [-0.39, 0.29) is 5.12 Å². The van der Waals surface area contributed by atoms with Gasteiger partial charge in [0.2, 0.25) is 5.88 Å². The minimum absolute atomic E-state index is 0.0871. The molecule has 1 aromatic heterocycles. The summed E-state index contributed by atoms with van der Waals surface area (Å²) in [6.07, 6.45) is 0. The van der Waals surface area contributed by atoms with Crippen LogP contribution in [-0.2, 0) is 4.79 Å². The van der Waals surface area contributed by atoms with Crippen molar-refractivity contribution in [2.75, 3.05) is 12.9 Å². The standard InChI is InChI=1S/C15H13NO2S/c1-11(17)19-9-3-4-12-5-7-14-13(10-12)6-8-15(16-14)18-2/h5-8,10H,9H2,1-2H3. The van der Waals surface area contributed by atoms with Crippen LogP contribution in [0.1, 0.15) is 12.5 Å². The molecule has 0 N–H and O–H groups in total. The van der Waals surface area contributed by atoms with E-state index in [1.165, 1.54) is 11.8 Å². The van der Waals surface area contributed by atoms with Crippen molar-refractivity contribution < 1.29 is 9.53 Å². The van der Waals surface area contributed by atoms with E-state index in [2.05, 4.69) is 16.8 Å². The molecule has 0 fully saturated rings. The van der Waals surface area contributed by atoms with Crippen molar-refractivity contribution in [1.29, 1.82) is 0 Å². The van der Waals surface area contributed by atoms with Crippen LogP contribution in [0.3, 0.4) is 0 Å². The zero-order chi connectivity index (χ0) is 13.7. The van der Waals surface area contributed by atoms with E-state index in [4.69, 9.17) is 4.74 Å². The highest BCUT2D eigenvalue weighted by Gasteiger charge is 1.98. The molecule has 0 bridgehead atoms. The number of pyridine rings is 1. The van der Waals surface area contributed by atoms with Crippen molar-refractivity contribution in [1.82, 2.24) is 4.98 Å². The fourth-order valence-electron chi connectivity index (χ4n) is 1.57. The average molecular weight is 271 g/mol. The molecule has 3 nitrogen and oxygen atoms in total. The van der Waals surface area contributed by atoms with Gasteiger partial charge < -0.3 is 4.74 Å². The molecule has 2 aromatic rings. The van der Waals surface area contributed by atoms with Gasteiger partial charge in [-0.2, -0.15) is 0 Å². The largest absolute Gasteiger partial charge is 0.481 e.